The molecule has 2 aromatic rings. The number of nitrogens with zero attached hydrogens (tertiary/aromatic N) is 5. The first-order chi connectivity index (χ1) is 14.1. The van der Waals surface area contributed by atoms with E-state index in [1.165, 1.54) is 0 Å². The summed E-state index contributed by atoms with van der Waals surface area (Å²) in [5.41, 5.74) is -0.139. The Kier molecular flexibility index (Phi) is 4.95. The van der Waals surface area contributed by atoms with Crippen molar-refractivity contribution in [3.05, 3.63) is 48.5 Å². The minimum atomic E-state index is -1.03. The highest BCUT2D eigenvalue weighted by Crippen LogP contribution is 2.48. The highest BCUT2D eigenvalue weighted by Gasteiger charge is 2.59. The SMILES string of the molecule is O[C@H]1C[C@@H]2C[C@H](c3ccccn3)OC[C@]2(O)[C@@H]1N1CCN(c2ncccn2)CC1. The molecule has 1 aliphatic carbocycles. The first-order valence-corrected chi connectivity index (χ1v) is 10.3. The van der Waals surface area contributed by atoms with Crippen molar-refractivity contribution < 1.29 is 14.9 Å². The van der Waals surface area contributed by atoms with Gasteiger partial charge in [-0.2, -0.15) is 0 Å². The number of hydrogen-bond acceptors (Lipinski definition) is 8. The monoisotopic (exact) mass is 397 g/mol. The molecule has 0 spiro atoms. The zero-order valence-corrected chi connectivity index (χ0v) is 16.3. The molecular weight excluding hydrogens is 370 g/mol. The molecule has 0 aromatic carbocycles. The lowest BCUT2D eigenvalue weighted by atomic mass is 9.81. The van der Waals surface area contributed by atoms with Crippen LogP contribution in [0.2, 0.25) is 0 Å². The smallest absolute Gasteiger partial charge is 0.225 e. The molecule has 0 unspecified atom stereocenters. The normalized spacial score (nSPS) is 35.4. The molecule has 0 bridgehead atoms. The van der Waals surface area contributed by atoms with Crippen molar-refractivity contribution in [2.45, 2.75) is 36.7 Å². The van der Waals surface area contributed by atoms with Crippen LogP contribution in [0.5, 0.6) is 0 Å². The fourth-order valence-electron chi connectivity index (χ4n) is 5.25. The molecule has 0 amide bonds. The van der Waals surface area contributed by atoms with E-state index in [4.69, 9.17) is 4.74 Å². The summed E-state index contributed by atoms with van der Waals surface area (Å²) >= 11 is 0. The van der Waals surface area contributed by atoms with Crippen molar-refractivity contribution in [1.82, 2.24) is 19.9 Å². The maximum Gasteiger partial charge on any atom is 0.225 e. The van der Waals surface area contributed by atoms with Gasteiger partial charge in [0.15, 0.2) is 0 Å². The number of fused-ring (bicyclic) bond motifs is 1. The summed E-state index contributed by atoms with van der Waals surface area (Å²) in [4.78, 5) is 17.4. The van der Waals surface area contributed by atoms with Crippen LogP contribution >= 0.6 is 0 Å². The van der Waals surface area contributed by atoms with Crippen LogP contribution in [0.4, 0.5) is 5.95 Å². The highest BCUT2D eigenvalue weighted by atomic mass is 16.5. The van der Waals surface area contributed by atoms with Gasteiger partial charge in [-0.3, -0.25) is 9.88 Å². The standard InChI is InChI=1S/C21H27N5O3/c27-17-12-15-13-18(16-4-1-2-5-22-16)29-14-21(15,28)19(17)25-8-10-26(11-9-25)20-23-6-3-7-24-20/h1-7,15,17-19,27-28H,8-14H2/t15-,17+,18-,19-,21-/m1/s1. The number of aliphatic hydroxyl groups is 2. The third-order valence-electron chi connectivity index (χ3n) is 6.68. The van der Waals surface area contributed by atoms with Gasteiger partial charge in [0.1, 0.15) is 5.60 Å². The van der Waals surface area contributed by atoms with Gasteiger partial charge >= 0.3 is 0 Å². The van der Waals surface area contributed by atoms with Crippen LogP contribution < -0.4 is 4.90 Å². The molecular formula is C21H27N5O3. The summed E-state index contributed by atoms with van der Waals surface area (Å²) in [6, 6.07) is 7.30. The number of ether oxygens (including phenoxy) is 1. The Morgan fingerprint density at radius 2 is 1.72 bits per heavy atom. The fourth-order valence-corrected chi connectivity index (χ4v) is 5.25. The predicted molar refractivity (Wildman–Crippen MR) is 106 cm³/mol. The zero-order valence-electron chi connectivity index (χ0n) is 16.3. The average molecular weight is 397 g/mol. The lowest BCUT2D eigenvalue weighted by Gasteiger charge is -2.47. The Hall–Kier alpha value is -2.13. The van der Waals surface area contributed by atoms with Crippen LogP contribution in [0, 0.1) is 5.92 Å². The first-order valence-electron chi connectivity index (χ1n) is 10.3. The van der Waals surface area contributed by atoms with Crippen molar-refractivity contribution in [3.63, 3.8) is 0 Å². The quantitative estimate of drug-likeness (QED) is 0.779. The van der Waals surface area contributed by atoms with Crippen LogP contribution in [-0.4, -0.2) is 80.6 Å². The van der Waals surface area contributed by atoms with Crippen LogP contribution in [0.3, 0.4) is 0 Å². The van der Waals surface area contributed by atoms with Crippen LogP contribution in [0.15, 0.2) is 42.9 Å². The third kappa shape index (κ3) is 3.40. The van der Waals surface area contributed by atoms with Gasteiger partial charge in [0.25, 0.3) is 0 Å². The van der Waals surface area contributed by atoms with Crippen molar-refractivity contribution in [1.29, 1.82) is 0 Å². The van der Waals surface area contributed by atoms with E-state index >= 15 is 0 Å². The summed E-state index contributed by atoms with van der Waals surface area (Å²) in [6.07, 6.45) is 5.85. The van der Waals surface area contributed by atoms with Gasteiger partial charge in [-0.15, -0.1) is 0 Å². The van der Waals surface area contributed by atoms with Gasteiger partial charge in [0, 0.05) is 44.8 Å². The molecule has 2 aliphatic heterocycles. The molecule has 2 aromatic heterocycles. The van der Waals surface area contributed by atoms with E-state index in [2.05, 4.69) is 24.8 Å². The molecule has 2 N–H and O–H groups in total. The van der Waals surface area contributed by atoms with Gasteiger partial charge in [0.05, 0.1) is 30.6 Å². The number of pyridine rings is 1. The molecule has 3 aliphatic rings. The van der Waals surface area contributed by atoms with Gasteiger partial charge in [0.2, 0.25) is 5.95 Å². The van der Waals surface area contributed by atoms with Gasteiger partial charge in [-0.05, 0) is 37.0 Å². The summed E-state index contributed by atoms with van der Waals surface area (Å²) in [7, 11) is 0. The molecule has 1 saturated carbocycles. The van der Waals surface area contributed by atoms with Gasteiger partial charge < -0.3 is 19.8 Å². The van der Waals surface area contributed by atoms with E-state index in [1.807, 2.05) is 24.3 Å². The van der Waals surface area contributed by atoms with Crippen molar-refractivity contribution in [2.75, 3.05) is 37.7 Å². The minimum absolute atomic E-state index is 0.00116. The predicted octanol–water partition coefficient (Wildman–Crippen LogP) is 0.636. The molecule has 5 rings (SSSR count). The number of aliphatic hydroxyl groups excluding tert-OH is 1. The maximum absolute atomic E-state index is 11.6. The fraction of sp³-hybridized carbons (Fsp3) is 0.571. The molecule has 29 heavy (non-hydrogen) atoms. The second-order valence-corrected chi connectivity index (χ2v) is 8.30. The van der Waals surface area contributed by atoms with Crippen LogP contribution in [0.1, 0.15) is 24.6 Å². The van der Waals surface area contributed by atoms with E-state index < -0.39 is 11.7 Å². The van der Waals surface area contributed by atoms with Crippen LogP contribution in [-0.2, 0) is 4.74 Å². The van der Waals surface area contributed by atoms with Crippen LogP contribution in [0.25, 0.3) is 0 Å². The molecule has 5 atom stereocenters. The van der Waals surface area contributed by atoms with E-state index in [9.17, 15) is 10.2 Å². The number of aromatic nitrogens is 3. The van der Waals surface area contributed by atoms with Crippen molar-refractivity contribution >= 4 is 5.95 Å². The van der Waals surface area contributed by atoms with Crippen molar-refractivity contribution in [3.8, 4) is 0 Å². The lowest BCUT2D eigenvalue weighted by molar-refractivity contribution is -0.174. The van der Waals surface area contributed by atoms with E-state index in [0.717, 1.165) is 37.8 Å². The molecule has 2 saturated heterocycles. The average Bonchev–Trinajstić information content (AvgIpc) is 3.04. The Morgan fingerprint density at radius 1 is 0.966 bits per heavy atom. The van der Waals surface area contributed by atoms with E-state index in [0.29, 0.717) is 12.8 Å². The lowest BCUT2D eigenvalue weighted by Crippen LogP contribution is -2.63. The summed E-state index contributed by atoms with van der Waals surface area (Å²) in [5.74, 6) is 0.730. The molecule has 154 valence electrons. The Balaban J connectivity index is 1.27. The largest absolute Gasteiger partial charge is 0.391 e. The van der Waals surface area contributed by atoms with E-state index in [-0.39, 0.29) is 24.7 Å². The molecule has 3 fully saturated rings. The van der Waals surface area contributed by atoms with Crippen molar-refractivity contribution in [2.24, 2.45) is 5.92 Å². The zero-order chi connectivity index (χ0) is 19.8. The van der Waals surface area contributed by atoms with E-state index in [1.54, 1.807) is 18.6 Å². The minimum Gasteiger partial charge on any atom is -0.391 e. The Morgan fingerprint density at radius 3 is 2.45 bits per heavy atom. The molecule has 0 radical (unpaired) electrons. The second kappa shape index (κ2) is 7.60. The van der Waals surface area contributed by atoms with Gasteiger partial charge in [-0.1, -0.05) is 6.07 Å². The first kappa shape index (κ1) is 18.9. The Bertz CT molecular complexity index is 818. The number of rotatable bonds is 3. The topological polar surface area (TPSA) is 94.8 Å². The number of piperazine rings is 1. The summed E-state index contributed by atoms with van der Waals surface area (Å²) < 4.78 is 6.06. The summed E-state index contributed by atoms with van der Waals surface area (Å²) in [5, 5.41) is 22.4. The number of anilines is 1. The summed E-state index contributed by atoms with van der Waals surface area (Å²) in [6.45, 7) is 3.26. The second-order valence-electron chi connectivity index (χ2n) is 8.30. The molecule has 8 nitrogen and oxygen atoms in total. The molecule has 4 heterocycles. The highest BCUT2D eigenvalue weighted by molar-refractivity contribution is 5.29. The third-order valence-corrected chi connectivity index (χ3v) is 6.68. The maximum atomic E-state index is 11.6. The molecule has 8 heteroatoms. The number of hydrogen-bond donors (Lipinski definition) is 2. The Labute approximate surface area is 170 Å². The van der Waals surface area contributed by atoms with Gasteiger partial charge in [-0.25, -0.2) is 9.97 Å².